The van der Waals surface area contributed by atoms with E-state index in [1.54, 1.807) is 24.3 Å². The van der Waals surface area contributed by atoms with Crippen LogP contribution in [0.3, 0.4) is 0 Å². The molecule has 0 aliphatic carbocycles. The fourth-order valence-electron chi connectivity index (χ4n) is 5.29. The molecule has 0 bridgehead atoms. The van der Waals surface area contributed by atoms with Crippen LogP contribution in [0.2, 0.25) is 0 Å². The van der Waals surface area contributed by atoms with E-state index < -0.39 is 43.8 Å². The van der Waals surface area contributed by atoms with E-state index in [1.807, 2.05) is 0 Å². The molecular formula is C26H4F8S4. The predicted molar refractivity (Wildman–Crippen MR) is 140 cm³/mol. The van der Waals surface area contributed by atoms with Crippen LogP contribution in [0.4, 0.5) is 35.1 Å². The van der Waals surface area contributed by atoms with Gasteiger partial charge in [0.05, 0.1) is 0 Å². The maximum atomic E-state index is 14.7. The molecule has 0 saturated carbocycles. The van der Waals surface area contributed by atoms with Crippen molar-refractivity contribution in [1.29, 1.82) is 0 Å². The summed E-state index contributed by atoms with van der Waals surface area (Å²) in [6.45, 7) is 0. The van der Waals surface area contributed by atoms with Gasteiger partial charge in [0.2, 0.25) is 20.5 Å². The van der Waals surface area contributed by atoms with E-state index in [0.29, 0.717) is 77.7 Å². The van der Waals surface area contributed by atoms with Crippen molar-refractivity contribution in [2.75, 3.05) is 0 Å². The second kappa shape index (κ2) is 7.32. The third kappa shape index (κ3) is 2.63. The molecule has 0 atom stereocenters. The average Bonchev–Trinajstić information content (AvgIpc) is 3.56. The summed E-state index contributed by atoms with van der Waals surface area (Å²) in [5.41, 5.74) is 0. The van der Waals surface area contributed by atoms with Gasteiger partial charge in [0.15, 0.2) is 23.3 Å². The summed E-state index contributed by atoms with van der Waals surface area (Å²) in [4.78, 5) is 0. The van der Waals surface area contributed by atoms with Crippen molar-refractivity contribution in [3.8, 4) is 0 Å². The molecule has 0 unspecified atom stereocenters. The number of hydrogen-bond donors (Lipinski definition) is 0. The Balaban J connectivity index is 1.63. The minimum absolute atomic E-state index is 0.0809. The summed E-state index contributed by atoms with van der Waals surface area (Å²) in [5, 5.41) is -3.80. The normalized spacial score (nSPS) is 12.7. The van der Waals surface area contributed by atoms with E-state index in [4.69, 9.17) is 0 Å². The van der Waals surface area contributed by atoms with Crippen LogP contribution in [0.1, 0.15) is 0 Å². The Kier molecular flexibility index (Phi) is 4.41. The van der Waals surface area contributed by atoms with Gasteiger partial charge in [-0.15, -0.1) is 45.3 Å². The minimum Gasteiger partial charge on any atom is -0.202 e. The lowest BCUT2D eigenvalue weighted by molar-refractivity contribution is 0.533. The third-order valence-corrected chi connectivity index (χ3v) is 10.8. The zero-order valence-corrected chi connectivity index (χ0v) is 21.2. The molecule has 12 heteroatoms. The Morgan fingerprint density at radius 2 is 0.553 bits per heavy atom. The van der Waals surface area contributed by atoms with Crippen LogP contribution in [0.5, 0.6) is 0 Å². The molecule has 0 N–H and O–H groups in total. The summed E-state index contributed by atoms with van der Waals surface area (Å²) in [5.74, 6) is -5.10. The van der Waals surface area contributed by atoms with Gasteiger partial charge >= 0.3 is 0 Å². The van der Waals surface area contributed by atoms with Gasteiger partial charge < -0.3 is 0 Å². The van der Waals surface area contributed by atoms with Crippen molar-refractivity contribution in [2.24, 2.45) is 0 Å². The summed E-state index contributed by atoms with van der Waals surface area (Å²) < 4.78 is 117. The summed E-state index contributed by atoms with van der Waals surface area (Å²) in [6, 6.07) is 6.34. The van der Waals surface area contributed by atoms with Crippen molar-refractivity contribution >= 4 is 118 Å². The van der Waals surface area contributed by atoms with Gasteiger partial charge in [-0.2, -0.15) is 17.6 Å². The Morgan fingerprint density at radius 3 is 0.763 bits per heavy atom. The molecular weight excluding hydrogens is 593 g/mol. The first-order valence-corrected chi connectivity index (χ1v) is 14.0. The molecule has 0 spiro atoms. The van der Waals surface area contributed by atoms with Crippen molar-refractivity contribution in [1.82, 2.24) is 0 Å². The van der Waals surface area contributed by atoms with Gasteiger partial charge in [-0.3, -0.25) is 0 Å². The first-order valence-electron chi connectivity index (χ1n) is 10.7. The molecule has 0 fully saturated rings. The lowest BCUT2D eigenvalue weighted by Gasteiger charge is -2.09. The molecule has 0 saturated heterocycles. The highest BCUT2D eigenvalue weighted by Gasteiger charge is 2.27. The largest absolute Gasteiger partial charge is 0.213 e. The fraction of sp³-hybridized carbons (Fsp3) is 0. The van der Waals surface area contributed by atoms with Gasteiger partial charge in [0.25, 0.3) is 0 Å². The van der Waals surface area contributed by atoms with Gasteiger partial charge in [-0.05, 0) is 35.0 Å². The highest BCUT2D eigenvalue weighted by Crippen LogP contribution is 2.49. The zero-order valence-electron chi connectivity index (χ0n) is 18.0. The standard InChI is InChI=1S/C26H4F8S4/c27-15-11-12-16(28)24(32)36-20(12)8-3-6-4-10-9(2-5(6)1-7(8)19(11)35-23(15)31)21-13(17(29)25(33)37-21)14-18(30)26(34)38-22(10)14/h1-4H. The molecule has 4 aromatic heterocycles. The van der Waals surface area contributed by atoms with E-state index in [2.05, 4.69) is 0 Å². The maximum Gasteiger partial charge on any atom is 0.213 e. The van der Waals surface area contributed by atoms with Crippen LogP contribution >= 0.6 is 45.3 Å². The molecule has 4 heterocycles. The average molecular weight is 597 g/mol. The Morgan fingerprint density at radius 1 is 0.342 bits per heavy atom. The number of fused-ring (bicyclic) bond motifs is 13. The molecule has 38 heavy (non-hydrogen) atoms. The van der Waals surface area contributed by atoms with Crippen molar-refractivity contribution < 1.29 is 35.1 Å². The SMILES string of the molecule is Fc1sc2c3cc4cc5c(cc4cc3c3sc(F)c(F)c3c2c1F)c1sc(F)c(F)c1c1c(F)c(F)sc51. The molecule has 8 aromatic rings. The number of hydrogen-bond acceptors (Lipinski definition) is 4. The Bertz CT molecular complexity index is 2060. The van der Waals surface area contributed by atoms with Crippen molar-refractivity contribution in [2.45, 2.75) is 0 Å². The van der Waals surface area contributed by atoms with Gasteiger partial charge in [0, 0.05) is 61.9 Å². The highest BCUT2D eigenvalue weighted by molar-refractivity contribution is 7.22. The summed E-state index contributed by atoms with van der Waals surface area (Å²) >= 11 is 1.85. The quantitative estimate of drug-likeness (QED) is 0.121. The van der Waals surface area contributed by atoms with E-state index >= 15 is 0 Å². The number of rotatable bonds is 0. The van der Waals surface area contributed by atoms with Gasteiger partial charge in [-0.1, -0.05) is 0 Å². The van der Waals surface area contributed by atoms with Crippen LogP contribution in [-0.4, -0.2) is 0 Å². The van der Waals surface area contributed by atoms with E-state index in [9.17, 15) is 35.1 Å². The topological polar surface area (TPSA) is 0 Å². The molecule has 0 aliphatic heterocycles. The fourth-order valence-corrected chi connectivity index (χ4v) is 9.06. The maximum absolute atomic E-state index is 14.7. The van der Waals surface area contributed by atoms with Crippen LogP contribution in [0.25, 0.3) is 72.7 Å². The molecule has 0 amide bonds. The first-order chi connectivity index (χ1) is 18.2. The molecule has 188 valence electrons. The molecule has 0 nitrogen and oxygen atoms in total. The molecule has 0 radical (unpaired) electrons. The second-order valence-corrected chi connectivity index (χ2v) is 12.6. The van der Waals surface area contributed by atoms with Crippen LogP contribution < -0.4 is 0 Å². The van der Waals surface area contributed by atoms with Gasteiger partial charge in [0.1, 0.15) is 0 Å². The monoisotopic (exact) mass is 596 g/mol. The second-order valence-electron chi connectivity index (χ2n) is 8.72. The highest BCUT2D eigenvalue weighted by atomic mass is 32.1. The van der Waals surface area contributed by atoms with Gasteiger partial charge in [-0.25, -0.2) is 17.6 Å². The minimum atomic E-state index is -1.28. The Hall–Kier alpha value is -3.06. The van der Waals surface area contributed by atoms with E-state index in [1.165, 1.54) is 0 Å². The summed E-state index contributed by atoms with van der Waals surface area (Å²) in [6.07, 6.45) is 0. The van der Waals surface area contributed by atoms with Crippen molar-refractivity contribution in [3.05, 3.63) is 68.1 Å². The zero-order chi connectivity index (χ0) is 26.4. The molecule has 8 rings (SSSR count). The van der Waals surface area contributed by atoms with Crippen LogP contribution in [-0.2, 0) is 0 Å². The summed E-state index contributed by atoms with van der Waals surface area (Å²) in [7, 11) is 0. The smallest absolute Gasteiger partial charge is 0.202 e. The van der Waals surface area contributed by atoms with E-state index in [-0.39, 0.29) is 40.3 Å². The molecule has 0 aliphatic rings. The number of halogens is 8. The lowest BCUT2D eigenvalue weighted by atomic mass is 9.96. The van der Waals surface area contributed by atoms with Crippen LogP contribution in [0, 0.1) is 43.8 Å². The number of benzene rings is 4. The number of thiophene rings is 4. The predicted octanol–water partition coefficient (Wildman–Crippen LogP) is 11.1. The lowest BCUT2D eigenvalue weighted by Crippen LogP contribution is -1.85. The Labute approximate surface area is 220 Å². The molecule has 4 aromatic carbocycles. The first kappa shape index (κ1) is 22.9. The van der Waals surface area contributed by atoms with Crippen LogP contribution in [0.15, 0.2) is 24.3 Å². The van der Waals surface area contributed by atoms with E-state index in [0.717, 1.165) is 0 Å². The van der Waals surface area contributed by atoms with Crippen molar-refractivity contribution in [3.63, 3.8) is 0 Å². The third-order valence-electron chi connectivity index (χ3n) is 6.83.